The normalized spacial score (nSPS) is 27.0. The first-order valence-electron chi connectivity index (χ1n) is 8.08. The van der Waals surface area contributed by atoms with Crippen LogP contribution in [-0.4, -0.2) is 46.2 Å². The highest BCUT2D eigenvalue weighted by Crippen LogP contribution is 2.37. The van der Waals surface area contributed by atoms with E-state index in [2.05, 4.69) is 23.1 Å². The van der Waals surface area contributed by atoms with E-state index in [1.165, 1.54) is 5.56 Å². The number of hydrogen-bond acceptors (Lipinski definition) is 4. The molecule has 3 atom stereocenters. The standard InChI is InChI=1S/C18H23N3O2/c1-18(2,3)23-17(22)21-12-14-9-15(21)16(10-19)20(14)11-13-7-5-4-6-8-13/h4-8,14-16H,9,11-12H2,1-3H3. The fourth-order valence-electron chi connectivity index (χ4n) is 3.54. The summed E-state index contributed by atoms with van der Waals surface area (Å²) in [6, 6.07) is 12.5. The Balaban J connectivity index is 1.71. The second kappa shape index (κ2) is 5.86. The molecule has 23 heavy (non-hydrogen) atoms. The number of carbonyl (C=O) groups is 1. The number of fused-ring (bicyclic) bond motifs is 2. The van der Waals surface area contributed by atoms with Crippen LogP contribution in [0.1, 0.15) is 32.8 Å². The predicted octanol–water partition coefficient (Wildman–Crippen LogP) is 2.77. The molecule has 0 spiro atoms. The van der Waals surface area contributed by atoms with Crippen LogP contribution in [0.4, 0.5) is 4.79 Å². The Morgan fingerprint density at radius 2 is 2.04 bits per heavy atom. The highest BCUT2D eigenvalue weighted by molar-refractivity contribution is 5.69. The second-order valence-electron chi connectivity index (χ2n) is 7.32. The van der Waals surface area contributed by atoms with E-state index in [-0.39, 0.29) is 24.2 Å². The third-order valence-electron chi connectivity index (χ3n) is 4.48. The number of benzene rings is 1. The molecule has 0 radical (unpaired) electrons. The van der Waals surface area contributed by atoms with E-state index >= 15 is 0 Å². The number of hydrogen-bond donors (Lipinski definition) is 0. The summed E-state index contributed by atoms with van der Waals surface area (Å²) in [6.45, 7) is 6.99. The van der Waals surface area contributed by atoms with E-state index in [0.29, 0.717) is 6.54 Å². The van der Waals surface area contributed by atoms with Gasteiger partial charge in [0, 0.05) is 19.1 Å². The minimum absolute atomic E-state index is 0.0661. The monoisotopic (exact) mass is 313 g/mol. The molecule has 2 saturated heterocycles. The number of carbonyl (C=O) groups excluding carboxylic acids is 1. The average Bonchev–Trinajstić information content (AvgIpc) is 3.04. The molecule has 0 aromatic heterocycles. The summed E-state index contributed by atoms with van der Waals surface area (Å²) in [5.74, 6) is 0. The first kappa shape index (κ1) is 15.8. The molecule has 3 unspecified atom stereocenters. The van der Waals surface area contributed by atoms with Gasteiger partial charge in [-0.25, -0.2) is 4.79 Å². The van der Waals surface area contributed by atoms with Gasteiger partial charge in [0.15, 0.2) is 0 Å². The van der Waals surface area contributed by atoms with E-state index in [1.807, 2.05) is 39.0 Å². The fraction of sp³-hybridized carbons (Fsp3) is 0.556. The number of amides is 1. The van der Waals surface area contributed by atoms with Gasteiger partial charge in [-0.1, -0.05) is 30.3 Å². The molecule has 1 aromatic carbocycles. The van der Waals surface area contributed by atoms with Gasteiger partial charge < -0.3 is 9.64 Å². The van der Waals surface area contributed by atoms with Crippen LogP contribution in [0.5, 0.6) is 0 Å². The van der Waals surface area contributed by atoms with E-state index in [1.54, 1.807) is 4.90 Å². The van der Waals surface area contributed by atoms with Crippen LogP contribution in [0.25, 0.3) is 0 Å². The number of ether oxygens (including phenoxy) is 1. The molecule has 3 rings (SSSR count). The number of rotatable bonds is 2. The first-order chi connectivity index (χ1) is 10.9. The Kier molecular flexibility index (Phi) is 4.03. The topological polar surface area (TPSA) is 56.6 Å². The van der Waals surface area contributed by atoms with Gasteiger partial charge >= 0.3 is 6.09 Å². The number of nitrogens with zero attached hydrogens (tertiary/aromatic N) is 3. The minimum Gasteiger partial charge on any atom is -0.444 e. The molecule has 2 heterocycles. The van der Waals surface area contributed by atoms with Crippen molar-refractivity contribution in [2.75, 3.05) is 6.54 Å². The van der Waals surface area contributed by atoms with Crippen molar-refractivity contribution in [3.8, 4) is 6.07 Å². The van der Waals surface area contributed by atoms with Gasteiger partial charge in [0.2, 0.25) is 0 Å². The van der Waals surface area contributed by atoms with Crippen molar-refractivity contribution < 1.29 is 9.53 Å². The van der Waals surface area contributed by atoms with Gasteiger partial charge in [-0.2, -0.15) is 5.26 Å². The second-order valence-corrected chi connectivity index (χ2v) is 7.32. The quantitative estimate of drug-likeness (QED) is 0.842. The van der Waals surface area contributed by atoms with Crippen molar-refractivity contribution >= 4 is 6.09 Å². The summed E-state index contributed by atoms with van der Waals surface area (Å²) in [5.41, 5.74) is 0.689. The highest BCUT2D eigenvalue weighted by Gasteiger charge is 2.52. The third-order valence-corrected chi connectivity index (χ3v) is 4.48. The maximum atomic E-state index is 12.4. The molecule has 0 saturated carbocycles. The van der Waals surface area contributed by atoms with E-state index in [9.17, 15) is 10.1 Å². The van der Waals surface area contributed by atoms with Crippen molar-refractivity contribution in [2.24, 2.45) is 0 Å². The lowest BCUT2D eigenvalue weighted by molar-refractivity contribution is 0.00662. The van der Waals surface area contributed by atoms with E-state index in [4.69, 9.17) is 4.74 Å². The Labute approximate surface area is 137 Å². The largest absolute Gasteiger partial charge is 0.444 e. The average molecular weight is 313 g/mol. The summed E-state index contributed by atoms with van der Waals surface area (Å²) >= 11 is 0. The molecule has 0 aliphatic carbocycles. The molecular weight excluding hydrogens is 290 g/mol. The molecule has 2 bridgehead atoms. The molecule has 5 heteroatoms. The van der Waals surface area contributed by atoms with Crippen molar-refractivity contribution in [3.05, 3.63) is 35.9 Å². The van der Waals surface area contributed by atoms with Crippen molar-refractivity contribution in [1.29, 1.82) is 5.26 Å². The van der Waals surface area contributed by atoms with E-state index in [0.717, 1.165) is 13.0 Å². The van der Waals surface area contributed by atoms with Crippen LogP contribution in [0.2, 0.25) is 0 Å². The van der Waals surface area contributed by atoms with Crippen LogP contribution in [0.15, 0.2) is 30.3 Å². The molecule has 2 aliphatic rings. The number of likely N-dealkylation sites (tertiary alicyclic amines) is 2. The lowest BCUT2D eigenvalue weighted by Gasteiger charge is -2.38. The lowest BCUT2D eigenvalue weighted by Crippen LogP contribution is -2.54. The van der Waals surface area contributed by atoms with E-state index < -0.39 is 5.60 Å². The predicted molar refractivity (Wildman–Crippen MR) is 86.5 cm³/mol. The SMILES string of the molecule is CC(C)(C)OC(=O)N1CC2CC1C(C#N)N2Cc1ccccc1. The molecule has 122 valence electrons. The summed E-state index contributed by atoms with van der Waals surface area (Å²) in [4.78, 5) is 16.3. The van der Waals surface area contributed by atoms with Crippen molar-refractivity contribution in [3.63, 3.8) is 0 Å². The minimum atomic E-state index is -0.509. The lowest BCUT2D eigenvalue weighted by atomic mass is 10.1. The summed E-state index contributed by atoms with van der Waals surface area (Å²) in [7, 11) is 0. The fourth-order valence-corrected chi connectivity index (χ4v) is 3.54. The van der Waals surface area contributed by atoms with Crippen LogP contribution in [-0.2, 0) is 11.3 Å². The van der Waals surface area contributed by atoms with Gasteiger partial charge in [0.1, 0.15) is 11.6 Å². The molecule has 0 N–H and O–H groups in total. The molecule has 2 aliphatic heterocycles. The van der Waals surface area contributed by atoms with Crippen LogP contribution in [0, 0.1) is 11.3 Å². The van der Waals surface area contributed by atoms with Gasteiger partial charge in [-0.05, 0) is 32.8 Å². The Hall–Kier alpha value is -2.06. The zero-order valence-corrected chi connectivity index (χ0v) is 13.9. The Morgan fingerprint density at radius 1 is 1.35 bits per heavy atom. The van der Waals surface area contributed by atoms with Crippen LogP contribution in [0.3, 0.4) is 0 Å². The summed E-state index contributed by atoms with van der Waals surface area (Å²) in [6.07, 6.45) is 0.550. The summed E-state index contributed by atoms with van der Waals surface area (Å²) in [5, 5.41) is 9.60. The zero-order chi connectivity index (χ0) is 16.6. The zero-order valence-electron chi connectivity index (χ0n) is 13.9. The van der Waals surface area contributed by atoms with Crippen LogP contribution >= 0.6 is 0 Å². The Bertz CT molecular complexity index is 617. The summed E-state index contributed by atoms with van der Waals surface area (Å²) < 4.78 is 5.48. The maximum absolute atomic E-state index is 12.4. The van der Waals surface area contributed by atoms with Gasteiger partial charge in [0.05, 0.1) is 12.1 Å². The van der Waals surface area contributed by atoms with Gasteiger partial charge in [-0.15, -0.1) is 0 Å². The van der Waals surface area contributed by atoms with Crippen LogP contribution < -0.4 is 0 Å². The highest BCUT2D eigenvalue weighted by atomic mass is 16.6. The molecule has 1 aromatic rings. The molecule has 2 fully saturated rings. The van der Waals surface area contributed by atoms with Gasteiger partial charge in [-0.3, -0.25) is 4.90 Å². The Morgan fingerprint density at radius 3 is 2.65 bits per heavy atom. The van der Waals surface area contributed by atoms with Crippen molar-refractivity contribution in [1.82, 2.24) is 9.80 Å². The number of nitriles is 1. The molecule has 5 nitrogen and oxygen atoms in total. The first-order valence-corrected chi connectivity index (χ1v) is 8.08. The van der Waals surface area contributed by atoms with Gasteiger partial charge in [0.25, 0.3) is 0 Å². The molecule has 1 amide bonds. The number of piperazine rings is 1. The molecular formula is C18H23N3O2. The third kappa shape index (κ3) is 3.18. The maximum Gasteiger partial charge on any atom is 0.410 e. The smallest absolute Gasteiger partial charge is 0.410 e. The van der Waals surface area contributed by atoms with Crippen molar-refractivity contribution in [2.45, 2.75) is 57.5 Å².